The zero-order valence-corrected chi connectivity index (χ0v) is 8.84. The summed E-state index contributed by atoms with van der Waals surface area (Å²) in [5.74, 6) is 1.41. The number of hydrogen-bond acceptors (Lipinski definition) is 3. The predicted molar refractivity (Wildman–Crippen MR) is 50.1 cm³/mol. The van der Waals surface area contributed by atoms with Crippen molar-refractivity contribution in [1.29, 1.82) is 0 Å². The van der Waals surface area contributed by atoms with E-state index in [0.717, 1.165) is 0 Å². The van der Waals surface area contributed by atoms with E-state index in [0.29, 0.717) is 35.5 Å². The number of esters is 1. The SMILES string of the molecule is COC(=O)C12C3C4CC(C5C4C51C(=O)O)C32. The van der Waals surface area contributed by atoms with Crippen molar-refractivity contribution in [2.45, 2.75) is 6.42 Å². The fourth-order valence-electron chi connectivity index (χ4n) is 6.82. The maximum atomic E-state index is 12.0. The molecular formula is C12H12O4. The quantitative estimate of drug-likeness (QED) is 0.683. The molecule has 0 radical (unpaired) electrons. The van der Waals surface area contributed by atoms with Crippen molar-refractivity contribution in [3.8, 4) is 0 Å². The molecule has 2 bridgehead atoms. The van der Waals surface area contributed by atoms with Crippen LogP contribution in [0, 0.1) is 46.3 Å². The van der Waals surface area contributed by atoms with E-state index in [1.165, 1.54) is 13.5 Å². The Balaban J connectivity index is 1.78. The normalized spacial score (nSPS) is 69.3. The fraction of sp³-hybridized carbons (Fsp3) is 0.833. The molecule has 6 atom stereocenters. The summed E-state index contributed by atoms with van der Waals surface area (Å²) in [5.41, 5.74) is -1.28. The Labute approximate surface area is 92.0 Å². The lowest BCUT2D eigenvalue weighted by Crippen LogP contribution is -2.35. The van der Waals surface area contributed by atoms with Crippen LogP contribution >= 0.6 is 0 Å². The molecule has 0 aromatic rings. The Morgan fingerprint density at radius 3 is 2.06 bits per heavy atom. The van der Waals surface area contributed by atoms with Crippen molar-refractivity contribution in [2.75, 3.05) is 7.11 Å². The number of carboxylic acids is 1. The lowest BCUT2D eigenvalue weighted by molar-refractivity contribution is -0.160. The van der Waals surface area contributed by atoms with Gasteiger partial charge in [-0.2, -0.15) is 0 Å². The highest BCUT2D eigenvalue weighted by molar-refractivity contribution is 5.98. The Hall–Kier alpha value is -1.06. The molecule has 6 aliphatic carbocycles. The first-order chi connectivity index (χ1) is 7.65. The minimum atomic E-state index is -0.731. The average Bonchev–Trinajstić information content (AvgIpc) is 3.01. The first-order valence-corrected chi connectivity index (χ1v) is 5.97. The number of aliphatic carboxylic acids is 1. The molecule has 6 saturated carbocycles. The Morgan fingerprint density at radius 2 is 1.62 bits per heavy atom. The second kappa shape index (κ2) is 1.71. The number of carbonyl (C=O) groups is 2. The van der Waals surface area contributed by atoms with Gasteiger partial charge in [0.1, 0.15) is 0 Å². The molecule has 0 aliphatic heterocycles. The van der Waals surface area contributed by atoms with Crippen LogP contribution in [0.25, 0.3) is 0 Å². The molecule has 1 N–H and O–H groups in total. The van der Waals surface area contributed by atoms with E-state index in [1.807, 2.05) is 0 Å². The van der Waals surface area contributed by atoms with E-state index in [9.17, 15) is 14.7 Å². The van der Waals surface area contributed by atoms with Gasteiger partial charge in [0.15, 0.2) is 0 Å². The third-order valence-corrected chi connectivity index (χ3v) is 6.61. The molecule has 16 heavy (non-hydrogen) atoms. The summed E-state index contributed by atoms with van der Waals surface area (Å²) in [6.07, 6.45) is 1.18. The highest BCUT2D eigenvalue weighted by Crippen LogP contribution is 3.05. The van der Waals surface area contributed by atoms with Crippen LogP contribution in [-0.4, -0.2) is 24.2 Å². The van der Waals surface area contributed by atoms with Crippen LogP contribution in [0.1, 0.15) is 6.42 Å². The van der Waals surface area contributed by atoms with E-state index in [4.69, 9.17) is 4.74 Å². The molecule has 6 rings (SSSR count). The lowest BCUT2D eigenvalue weighted by Gasteiger charge is -2.19. The summed E-state index contributed by atoms with van der Waals surface area (Å²) < 4.78 is 4.91. The van der Waals surface area contributed by atoms with Crippen LogP contribution in [0.5, 0.6) is 0 Å². The van der Waals surface area contributed by atoms with E-state index in [2.05, 4.69) is 0 Å². The predicted octanol–water partition coefficient (Wildman–Crippen LogP) is 0.372. The van der Waals surface area contributed by atoms with Gasteiger partial charge < -0.3 is 9.84 Å². The molecule has 0 saturated heterocycles. The van der Waals surface area contributed by atoms with E-state index >= 15 is 0 Å². The Bertz CT molecular complexity index is 459. The summed E-state index contributed by atoms with van der Waals surface area (Å²) >= 11 is 0. The molecule has 84 valence electrons. The van der Waals surface area contributed by atoms with Crippen LogP contribution in [0.2, 0.25) is 0 Å². The average molecular weight is 220 g/mol. The zero-order valence-electron chi connectivity index (χ0n) is 8.84. The van der Waals surface area contributed by atoms with Gasteiger partial charge in [-0.15, -0.1) is 0 Å². The molecule has 0 amide bonds. The largest absolute Gasteiger partial charge is 0.481 e. The summed E-state index contributed by atoms with van der Waals surface area (Å²) in [6, 6.07) is 0. The van der Waals surface area contributed by atoms with Crippen molar-refractivity contribution in [1.82, 2.24) is 0 Å². The minimum absolute atomic E-state index is 0.234. The second-order valence-corrected chi connectivity index (χ2v) is 6.20. The van der Waals surface area contributed by atoms with Gasteiger partial charge in [-0.25, -0.2) is 0 Å². The van der Waals surface area contributed by atoms with E-state index in [-0.39, 0.29) is 5.97 Å². The Kier molecular flexibility index (Phi) is 0.865. The van der Waals surface area contributed by atoms with Gasteiger partial charge in [-0.3, -0.25) is 9.59 Å². The molecule has 4 nitrogen and oxygen atoms in total. The molecule has 6 fully saturated rings. The van der Waals surface area contributed by atoms with E-state index in [1.54, 1.807) is 0 Å². The third-order valence-electron chi connectivity index (χ3n) is 6.61. The molecular weight excluding hydrogens is 208 g/mol. The number of carboxylic acid groups (broad SMARTS) is 1. The highest BCUT2D eigenvalue weighted by atomic mass is 16.5. The zero-order chi connectivity index (χ0) is 11.0. The first-order valence-electron chi connectivity index (χ1n) is 5.97. The van der Waals surface area contributed by atoms with Gasteiger partial charge in [0.2, 0.25) is 0 Å². The van der Waals surface area contributed by atoms with Crippen LogP contribution in [0.15, 0.2) is 0 Å². The molecule has 0 spiro atoms. The maximum absolute atomic E-state index is 12.0. The number of carbonyl (C=O) groups excluding carboxylic acids is 1. The van der Waals surface area contributed by atoms with Crippen LogP contribution in [0.4, 0.5) is 0 Å². The monoisotopic (exact) mass is 220 g/mol. The lowest BCUT2D eigenvalue weighted by atomic mass is 9.85. The number of methoxy groups -OCH3 is 1. The van der Waals surface area contributed by atoms with Crippen molar-refractivity contribution in [3.63, 3.8) is 0 Å². The van der Waals surface area contributed by atoms with Gasteiger partial charge in [0.05, 0.1) is 17.9 Å². The topological polar surface area (TPSA) is 63.6 Å². The standard InChI is InChI=1S/C12H12O4/c1-16-10(15)12-7-3-2-4(8(7)12)6-5(3)11(6,12)9(13)14/h3-8H,2H2,1H3,(H,13,14). The van der Waals surface area contributed by atoms with Crippen molar-refractivity contribution in [2.24, 2.45) is 46.3 Å². The van der Waals surface area contributed by atoms with Crippen molar-refractivity contribution >= 4 is 11.9 Å². The molecule has 0 heterocycles. The number of hydrogen-bond donors (Lipinski definition) is 1. The van der Waals surface area contributed by atoms with Gasteiger partial charge in [-0.1, -0.05) is 0 Å². The number of ether oxygens (including phenoxy) is 1. The van der Waals surface area contributed by atoms with Gasteiger partial charge in [0, 0.05) is 0 Å². The fourth-order valence-corrected chi connectivity index (χ4v) is 6.82. The van der Waals surface area contributed by atoms with Crippen molar-refractivity contribution in [3.05, 3.63) is 0 Å². The summed E-state index contributed by atoms with van der Waals surface area (Å²) in [5, 5.41) is 9.55. The highest BCUT2D eigenvalue weighted by Gasteiger charge is 3.09. The van der Waals surface area contributed by atoms with Gasteiger partial charge >= 0.3 is 11.9 Å². The minimum Gasteiger partial charge on any atom is -0.481 e. The summed E-state index contributed by atoms with van der Waals surface area (Å²) in [7, 11) is 1.39. The second-order valence-electron chi connectivity index (χ2n) is 6.20. The van der Waals surface area contributed by atoms with Gasteiger partial charge in [0.25, 0.3) is 0 Å². The van der Waals surface area contributed by atoms with Gasteiger partial charge in [-0.05, 0) is 41.9 Å². The molecule has 0 aromatic heterocycles. The van der Waals surface area contributed by atoms with Crippen LogP contribution in [0.3, 0.4) is 0 Å². The smallest absolute Gasteiger partial charge is 0.313 e. The first kappa shape index (κ1) is 8.09. The van der Waals surface area contributed by atoms with Crippen LogP contribution in [-0.2, 0) is 14.3 Å². The Morgan fingerprint density at radius 1 is 1.12 bits per heavy atom. The van der Waals surface area contributed by atoms with Crippen molar-refractivity contribution < 1.29 is 19.4 Å². The molecule has 4 heteroatoms. The van der Waals surface area contributed by atoms with E-state index < -0.39 is 16.8 Å². The number of rotatable bonds is 2. The molecule has 6 aliphatic rings. The molecule has 6 unspecified atom stereocenters. The summed E-state index contributed by atoms with van der Waals surface area (Å²) in [4.78, 5) is 23.7. The maximum Gasteiger partial charge on any atom is 0.313 e. The summed E-state index contributed by atoms with van der Waals surface area (Å²) in [6.45, 7) is 0. The third kappa shape index (κ3) is 0.377. The molecule has 0 aromatic carbocycles. The van der Waals surface area contributed by atoms with Crippen LogP contribution < -0.4 is 0 Å².